The Labute approximate surface area is 146 Å². The molecule has 6 nitrogen and oxygen atoms in total. The molecule has 1 amide bonds. The summed E-state index contributed by atoms with van der Waals surface area (Å²) in [5.41, 5.74) is 3.82. The van der Waals surface area contributed by atoms with Crippen LogP contribution in [0, 0.1) is 13.8 Å². The summed E-state index contributed by atoms with van der Waals surface area (Å²) in [7, 11) is 0. The van der Waals surface area contributed by atoms with Crippen LogP contribution in [0.2, 0.25) is 0 Å². The third-order valence-electron chi connectivity index (χ3n) is 3.89. The van der Waals surface area contributed by atoms with Crippen molar-refractivity contribution in [3.05, 3.63) is 71.6 Å². The van der Waals surface area contributed by atoms with Crippen molar-refractivity contribution in [2.75, 3.05) is 0 Å². The standard InChI is InChI=1S/C19H19N5O/c1-12-5-4-6-17(22-12)19(25)24-14(3)16-11-21-18(23-13(16)2)15-7-9-20-10-8-15/h4-11,14H,1-3H3,(H,24,25)/t14-/m1/s1. The second-order valence-electron chi connectivity index (χ2n) is 5.83. The minimum Gasteiger partial charge on any atom is -0.344 e. The smallest absolute Gasteiger partial charge is 0.270 e. The first-order valence-electron chi connectivity index (χ1n) is 8.03. The molecular weight excluding hydrogens is 314 g/mol. The van der Waals surface area contributed by atoms with E-state index in [1.165, 1.54) is 0 Å². The molecule has 0 aliphatic carbocycles. The third-order valence-corrected chi connectivity index (χ3v) is 3.89. The largest absolute Gasteiger partial charge is 0.344 e. The Morgan fingerprint density at radius 1 is 1.08 bits per heavy atom. The Bertz CT molecular complexity index is 895. The molecule has 0 fully saturated rings. The summed E-state index contributed by atoms with van der Waals surface area (Å²) in [5, 5.41) is 2.95. The van der Waals surface area contributed by atoms with Gasteiger partial charge in [-0.3, -0.25) is 9.78 Å². The molecular formula is C19H19N5O. The number of hydrogen-bond donors (Lipinski definition) is 1. The van der Waals surface area contributed by atoms with Crippen molar-refractivity contribution in [2.24, 2.45) is 0 Å². The van der Waals surface area contributed by atoms with Crippen molar-refractivity contribution in [2.45, 2.75) is 26.8 Å². The lowest BCUT2D eigenvalue weighted by molar-refractivity contribution is 0.0934. The molecule has 0 aliphatic rings. The van der Waals surface area contributed by atoms with Gasteiger partial charge in [0.25, 0.3) is 5.91 Å². The Kier molecular flexibility index (Phi) is 4.79. The van der Waals surface area contributed by atoms with Gasteiger partial charge < -0.3 is 5.32 Å². The highest BCUT2D eigenvalue weighted by Crippen LogP contribution is 2.19. The second kappa shape index (κ2) is 7.17. The Balaban J connectivity index is 1.78. The van der Waals surface area contributed by atoms with Crippen LogP contribution in [0.25, 0.3) is 11.4 Å². The van der Waals surface area contributed by atoms with Crippen molar-refractivity contribution in [1.82, 2.24) is 25.3 Å². The number of rotatable bonds is 4. The van der Waals surface area contributed by atoms with Gasteiger partial charge in [-0.25, -0.2) is 15.0 Å². The van der Waals surface area contributed by atoms with E-state index >= 15 is 0 Å². The van der Waals surface area contributed by atoms with E-state index in [-0.39, 0.29) is 11.9 Å². The summed E-state index contributed by atoms with van der Waals surface area (Å²) < 4.78 is 0. The van der Waals surface area contributed by atoms with E-state index < -0.39 is 0 Å². The third kappa shape index (κ3) is 3.85. The molecule has 3 aromatic heterocycles. The van der Waals surface area contributed by atoms with E-state index in [0.717, 1.165) is 22.5 Å². The van der Waals surface area contributed by atoms with Crippen LogP contribution < -0.4 is 5.32 Å². The van der Waals surface area contributed by atoms with Crippen LogP contribution in [-0.4, -0.2) is 25.8 Å². The van der Waals surface area contributed by atoms with Crippen LogP contribution in [0.1, 0.15) is 40.4 Å². The minimum atomic E-state index is -0.221. The van der Waals surface area contributed by atoms with E-state index in [1.807, 2.05) is 45.0 Å². The van der Waals surface area contributed by atoms with E-state index in [1.54, 1.807) is 24.7 Å². The van der Waals surface area contributed by atoms with Crippen LogP contribution >= 0.6 is 0 Å². The molecule has 6 heteroatoms. The molecule has 3 rings (SSSR count). The van der Waals surface area contributed by atoms with Gasteiger partial charge in [0, 0.05) is 41.1 Å². The topological polar surface area (TPSA) is 80.7 Å². The Hall–Kier alpha value is -3.15. The number of aryl methyl sites for hydroxylation is 2. The van der Waals surface area contributed by atoms with Crippen molar-refractivity contribution < 1.29 is 4.79 Å². The quantitative estimate of drug-likeness (QED) is 0.794. The SMILES string of the molecule is Cc1cccc(C(=O)N[C@H](C)c2cnc(-c3ccncc3)nc2C)n1. The molecule has 126 valence electrons. The number of carbonyl (C=O) groups excluding carboxylic acids is 1. The fourth-order valence-electron chi connectivity index (χ4n) is 2.56. The summed E-state index contributed by atoms with van der Waals surface area (Å²) in [6, 6.07) is 8.88. The fraction of sp³-hybridized carbons (Fsp3) is 0.211. The first-order valence-corrected chi connectivity index (χ1v) is 8.03. The van der Waals surface area contributed by atoms with Gasteiger partial charge in [-0.2, -0.15) is 0 Å². The van der Waals surface area contributed by atoms with E-state index in [2.05, 4.69) is 25.3 Å². The highest BCUT2D eigenvalue weighted by molar-refractivity contribution is 5.92. The van der Waals surface area contributed by atoms with Gasteiger partial charge >= 0.3 is 0 Å². The predicted octanol–water partition coefficient (Wildman–Crippen LogP) is 3.04. The van der Waals surface area contributed by atoms with Gasteiger partial charge in [-0.05, 0) is 45.0 Å². The highest BCUT2D eigenvalue weighted by atomic mass is 16.1. The number of pyridine rings is 2. The van der Waals surface area contributed by atoms with E-state index in [4.69, 9.17) is 0 Å². The average Bonchev–Trinajstić information content (AvgIpc) is 2.62. The van der Waals surface area contributed by atoms with E-state index in [9.17, 15) is 4.79 Å². The van der Waals surface area contributed by atoms with Crippen LogP contribution in [0.4, 0.5) is 0 Å². The molecule has 1 N–H and O–H groups in total. The average molecular weight is 333 g/mol. The molecule has 0 saturated heterocycles. The zero-order valence-corrected chi connectivity index (χ0v) is 14.4. The molecule has 0 aliphatic heterocycles. The molecule has 0 unspecified atom stereocenters. The van der Waals surface area contributed by atoms with E-state index in [0.29, 0.717) is 11.5 Å². The van der Waals surface area contributed by atoms with Crippen molar-refractivity contribution >= 4 is 5.91 Å². The predicted molar refractivity (Wildman–Crippen MR) is 94.9 cm³/mol. The maximum Gasteiger partial charge on any atom is 0.270 e. The van der Waals surface area contributed by atoms with Gasteiger partial charge in [-0.1, -0.05) is 6.07 Å². The normalized spacial score (nSPS) is 11.8. The molecule has 3 aromatic rings. The molecule has 1 atom stereocenters. The lowest BCUT2D eigenvalue weighted by atomic mass is 10.1. The number of hydrogen-bond acceptors (Lipinski definition) is 5. The fourth-order valence-corrected chi connectivity index (χ4v) is 2.56. The summed E-state index contributed by atoms with van der Waals surface area (Å²) in [6.45, 7) is 5.68. The summed E-state index contributed by atoms with van der Waals surface area (Å²) in [5.74, 6) is 0.427. The summed E-state index contributed by atoms with van der Waals surface area (Å²) in [4.78, 5) is 29.6. The summed E-state index contributed by atoms with van der Waals surface area (Å²) in [6.07, 6.45) is 5.17. The van der Waals surface area contributed by atoms with Crippen LogP contribution in [-0.2, 0) is 0 Å². The monoisotopic (exact) mass is 333 g/mol. The zero-order valence-electron chi connectivity index (χ0n) is 14.4. The number of aromatic nitrogens is 4. The van der Waals surface area contributed by atoms with Crippen molar-refractivity contribution in [1.29, 1.82) is 0 Å². The number of amides is 1. The summed E-state index contributed by atoms with van der Waals surface area (Å²) >= 11 is 0. The van der Waals surface area contributed by atoms with Crippen LogP contribution in [0.5, 0.6) is 0 Å². The first-order chi connectivity index (χ1) is 12.0. The van der Waals surface area contributed by atoms with Crippen LogP contribution in [0.15, 0.2) is 48.9 Å². The lowest BCUT2D eigenvalue weighted by Gasteiger charge is -2.16. The van der Waals surface area contributed by atoms with Gasteiger partial charge in [0.15, 0.2) is 5.82 Å². The maximum atomic E-state index is 12.4. The molecule has 0 spiro atoms. The zero-order chi connectivity index (χ0) is 17.8. The molecule has 0 aromatic carbocycles. The number of nitrogens with one attached hydrogen (secondary N) is 1. The second-order valence-corrected chi connectivity index (χ2v) is 5.83. The first kappa shape index (κ1) is 16.7. The van der Waals surface area contributed by atoms with Gasteiger partial charge in [0.1, 0.15) is 5.69 Å². The van der Waals surface area contributed by atoms with Gasteiger partial charge in [0.05, 0.1) is 6.04 Å². The maximum absolute atomic E-state index is 12.4. The Morgan fingerprint density at radius 3 is 2.52 bits per heavy atom. The van der Waals surface area contributed by atoms with Crippen molar-refractivity contribution in [3.8, 4) is 11.4 Å². The molecule has 0 radical (unpaired) electrons. The molecule has 0 saturated carbocycles. The van der Waals surface area contributed by atoms with Gasteiger partial charge in [-0.15, -0.1) is 0 Å². The number of nitrogens with zero attached hydrogens (tertiary/aromatic N) is 4. The molecule has 3 heterocycles. The lowest BCUT2D eigenvalue weighted by Crippen LogP contribution is -2.28. The van der Waals surface area contributed by atoms with Crippen LogP contribution in [0.3, 0.4) is 0 Å². The highest BCUT2D eigenvalue weighted by Gasteiger charge is 2.16. The van der Waals surface area contributed by atoms with Crippen molar-refractivity contribution in [3.63, 3.8) is 0 Å². The van der Waals surface area contributed by atoms with Gasteiger partial charge in [0.2, 0.25) is 0 Å². The minimum absolute atomic E-state index is 0.214. The Morgan fingerprint density at radius 2 is 1.84 bits per heavy atom. The number of carbonyl (C=O) groups is 1. The molecule has 25 heavy (non-hydrogen) atoms. The molecule has 0 bridgehead atoms.